The van der Waals surface area contributed by atoms with Crippen molar-refractivity contribution in [2.75, 3.05) is 0 Å². The zero-order chi connectivity index (χ0) is 19.0. The fraction of sp³-hybridized carbons (Fsp3) is 0.318. The van der Waals surface area contributed by atoms with Crippen LogP contribution >= 0.6 is 11.8 Å². The molecule has 5 heteroatoms. The summed E-state index contributed by atoms with van der Waals surface area (Å²) in [4.78, 5) is 0. The van der Waals surface area contributed by atoms with Gasteiger partial charge in [0.15, 0.2) is 5.82 Å². The van der Waals surface area contributed by atoms with E-state index >= 15 is 0 Å². The van der Waals surface area contributed by atoms with E-state index in [0.717, 1.165) is 23.1 Å². The van der Waals surface area contributed by atoms with Crippen LogP contribution in [-0.4, -0.2) is 25.8 Å². The minimum Gasteiger partial charge on any atom is -0.191 e. The Kier molecular flexibility index (Phi) is 4.87. The molecule has 0 unspecified atom stereocenters. The highest BCUT2D eigenvalue weighted by Crippen LogP contribution is 2.31. The molecular weight excluding hydrogens is 352 g/mol. The van der Waals surface area contributed by atoms with Gasteiger partial charge in [-0.3, -0.25) is 0 Å². The Labute approximate surface area is 164 Å². The molecule has 138 valence electrons. The molecule has 0 saturated heterocycles. The van der Waals surface area contributed by atoms with Crippen molar-refractivity contribution < 1.29 is 0 Å². The highest BCUT2D eigenvalue weighted by atomic mass is 32.2. The van der Waals surface area contributed by atoms with Gasteiger partial charge in [0.25, 0.3) is 0 Å². The third-order valence-corrected chi connectivity index (χ3v) is 6.25. The molecule has 0 bridgehead atoms. The Morgan fingerprint density at radius 3 is 2.56 bits per heavy atom. The first kappa shape index (κ1) is 18.0. The van der Waals surface area contributed by atoms with Crippen LogP contribution < -0.4 is 0 Å². The van der Waals surface area contributed by atoms with E-state index in [4.69, 9.17) is 5.10 Å². The number of fused-ring (bicyclic) bond motifs is 1. The first-order chi connectivity index (χ1) is 13.0. The maximum absolute atomic E-state index is 4.96. The molecule has 2 aromatic carbocycles. The molecule has 0 saturated carbocycles. The van der Waals surface area contributed by atoms with Gasteiger partial charge in [-0.15, -0.1) is 10.2 Å². The molecular formula is C22H24N4S. The summed E-state index contributed by atoms with van der Waals surface area (Å²) in [5.74, 6) is 1.28. The van der Waals surface area contributed by atoms with Crippen LogP contribution in [0.1, 0.15) is 47.8 Å². The number of aryl methyl sites for hydroxylation is 2. The third-order valence-electron chi connectivity index (χ3n) is 5.21. The van der Waals surface area contributed by atoms with Crippen molar-refractivity contribution in [2.24, 2.45) is 5.10 Å². The topological polar surface area (TPSA) is 43.1 Å². The maximum atomic E-state index is 4.96. The van der Waals surface area contributed by atoms with E-state index < -0.39 is 0 Å². The standard InChI is InChI=1S/C22H24N4S/c1-14-10-11-19(12-15(14)2)21-17(4)27-22-24-23-20(26(22)25-21)13-16(3)18-8-6-5-7-9-18/h5-12,16-17H,13H2,1-4H3/t16-,17+/m0/s1. The van der Waals surface area contributed by atoms with Crippen LogP contribution in [0.5, 0.6) is 0 Å². The number of hydrogen-bond donors (Lipinski definition) is 0. The molecule has 0 fully saturated rings. The summed E-state index contributed by atoms with van der Waals surface area (Å²) in [5.41, 5.74) is 6.17. The van der Waals surface area contributed by atoms with E-state index in [1.807, 2.05) is 10.7 Å². The van der Waals surface area contributed by atoms with Gasteiger partial charge in [0, 0.05) is 6.42 Å². The van der Waals surface area contributed by atoms with E-state index in [9.17, 15) is 0 Å². The molecule has 0 aliphatic carbocycles. The van der Waals surface area contributed by atoms with E-state index in [-0.39, 0.29) is 5.25 Å². The molecule has 2 heterocycles. The highest BCUT2D eigenvalue weighted by Gasteiger charge is 2.26. The Morgan fingerprint density at radius 2 is 1.81 bits per heavy atom. The normalized spacial score (nSPS) is 17.3. The van der Waals surface area contributed by atoms with Crippen molar-refractivity contribution >= 4 is 17.5 Å². The van der Waals surface area contributed by atoms with Crippen LogP contribution in [0.3, 0.4) is 0 Å². The van der Waals surface area contributed by atoms with Gasteiger partial charge < -0.3 is 0 Å². The molecule has 4 rings (SSSR count). The molecule has 1 aromatic heterocycles. The predicted octanol–water partition coefficient (Wildman–Crippen LogP) is 4.99. The van der Waals surface area contributed by atoms with Gasteiger partial charge in [0.2, 0.25) is 5.16 Å². The summed E-state index contributed by atoms with van der Waals surface area (Å²) < 4.78 is 1.94. The third kappa shape index (κ3) is 3.56. The van der Waals surface area contributed by atoms with Crippen LogP contribution in [0.15, 0.2) is 58.8 Å². The highest BCUT2D eigenvalue weighted by molar-refractivity contribution is 8.00. The van der Waals surface area contributed by atoms with Crippen LogP contribution in [-0.2, 0) is 6.42 Å². The van der Waals surface area contributed by atoms with Crippen LogP contribution in [0, 0.1) is 13.8 Å². The lowest BCUT2D eigenvalue weighted by atomic mass is 9.98. The number of thioether (sulfide) groups is 1. The number of aromatic nitrogens is 3. The van der Waals surface area contributed by atoms with E-state index in [2.05, 4.69) is 80.4 Å². The summed E-state index contributed by atoms with van der Waals surface area (Å²) in [6.45, 7) is 8.70. The first-order valence-electron chi connectivity index (χ1n) is 9.35. The summed E-state index contributed by atoms with van der Waals surface area (Å²) in [5, 5.41) is 14.9. The number of nitrogens with zero attached hydrogens (tertiary/aromatic N) is 4. The van der Waals surface area contributed by atoms with E-state index in [1.165, 1.54) is 22.3 Å². The lowest BCUT2D eigenvalue weighted by Gasteiger charge is -2.21. The summed E-state index contributed by atoms with van der Waals surface area (Å²) in [6, 6.07) is 17.1. The molecule has 0 radical (unpaired) electrons. The molecule has 2 atom stereocenters. The summed E-state index contributed by atoms with van der Waals surface area (Å²) in [7, 11) is 0. The van der Waals surface area contributed by atoms with Crippen LogP contribution in [0.4, 0.5) is 0 Å². The predicted molar refractivity (Wildman–Crippen MR) is 112 cm³/mol. The SMILES string of the molecule is Cc1ccc(C2=Nn3c(C[C@H](C)c4ccccc4)nnc3S[C@@H]2C)cc1C. The number of rotatable bonds is 4. The van der Waals surface area contributed by atoms with Gasteiger partial charge in [0.1, 0.15) is 0 Å². The minimum absolute atomic E-state index is 0.253. The second-order valence-corrected chi connectivity index (χ2v) is 8.58. The average molecular weight is 377 g/mol. The molecule has 0 N–H and O–H groups in total. The summed E-state index contributed by atoms with van der Waals surface area (Å²) in [6.07, 6.45) is 0.815. The van der Waals surface area contributed by atoms with Gasteiger partial charge in [-0.1, -0.05) is 61.2 Å². The maximum Gasteiger partial charge on any atom is 0.212 e. The second-order valence-electron chi connectivity index (χ2n) is 7.27. The summed E-state index contributed by atoms with van der Waals surface area (Å²) >= 11 is 1.73. The van der Waals surface area contributed by atoms with E-state index in [0.29, 0.717) is 5.92 Å². The average Bonchev–Trinajstić information content (AvgIpc) is 3.05. The van der Waals surface area contributed by atoms with Crippen molar-refractivity contribution in [1.82, 2.24) is 14.9 Å². The second kappa shape index (κ2) is 7.31. The molecule has 1 aliphatic heterocycles. The lowest BCUT2D eigenvalue weighted by Crippen LogP contribution is -2.22. The van der Waals surface area contributed by atoms with Crippen LogP contribution in [0.2, 0.25) is 0 Å². The molecule has 0 spiro atoms. The fourth-order valence-corrected chi connectivity index (χ4v) is 4.31. The number of benzene rings is 2. The Balaban J connectivity index is 1.67. The van der Waals surface area contributed by atoms with Gasteiger partial charge >= 0.3 is 0 Å². The molecule has 1 aliphatic rings. The van der Waals surface area contributed by atoms with Crippen molar-refractivity contribution in [3.63, 3.8) is 0 Å². The molecule has 3 aromatic rings. The Morgan fingerprint density at radius 1 is 1.04 bits per heavy atom. The molecule has 27 heavy (non-hydrogen) atoms. The molecule has 0 amide bonds. The fourth-order valence-electron chi connectivity index (χ4n) is 3.37. The Bertz CT molecular complexity index is 991. The van der Waals surface area contributed by atoms with Gasteiger partial charge in [-0.05, 0) is 55.0 Å². The van der Waals surface area contributed by atoms with Crippen molar-refractivity contribution in [3.05, 3.63) is 76.6 Å². The first-order valence-corrected chi connectivity index (χ1v) is 10.2. The monoisotopic (exact) mass is 376 g/mol. The minimum atomic E-state index is 0.253. The molecule has 4 nitrogen and oxygen atoms in total. The quantitative estimate of drug-likeness (QED) is 0.644. The lowest BCUT2D eigenvalue weighted by molar-refractivity contribution is 0.648. The van der Waals surface area contributed by atoms with E-state index in [1.54, 1.807) is 11.8 Å². The van der Waals surface area contributed by atoms with Gasteiger partial charge in [0.05, 0.1) is 11.0 Å². The van der Waals surface area contributed by atoms with Crippen molar-refractivity contribution in [1.29, 1.82) is 0 Å². The Hall–Kier alpha value is -2.40. The van der Waals surface area contributed by atoms with Gasteiger partial charge in [-0.25, -0.2) is 0 Å². The zero-order valence-corrected chi connectivity index (χ0v) is 17.0. The largest absolute Gasteiger partial charge is 0.212 e. The number of hydrogen-bond acceptors (Lipinski definition) is 4. The van der Waals surface area contributed by atoms with Gasteiger partial charge in [-0.2, -0.15) is 9.78 Å². The van der Waals surface area contributed by atoms with Crippen LogP contribution in [0.25, 0.3) is 0 Å². The smallest absolute Gasteiger partial charge is 0.191 e. The zero-order valence-electron chi connectivity index (χ0n) is 16.2. The van der Waals surface area contributed by atoms with Crippen molar-refractivity contribution in [3.8, 4) is 0 Å². The van der Waals surface area contributed by atoms with Crippen molar-refractivity contribution in [2.45, 2.75) is 50.4 Å².